The van der Waals surface area contributed by atoms with E-state index in [1.807, 2.05) is 19.1 Å². The number of hydrogen-bond acceptors (Lipinski definition) is 4. The molecule has 1 aliphatic rings. The highest BCUT2D eigenvalue weighted by Crippen LogP contribution is 2.31. The predicted molar refractivity (Wildman–Crippen MR) is 129 cm³/mol. The molecule has 2 rings (SSSR count). The van der Waals surface area contributed by atoms with Gasteiger partial charge < -0.3 is 4.72 Å². The smallest absolute Gasteiger partial charge is 0.0814 e. The van der Waals surface area contributed by atoms with Crippen molar-refractivity contribution in [3.8, 4) is 0 Å². The summed E-state index contributed by atoms with van der Waals surface area (Å²) in [6.45, 7) is 8.47. The zero-order chi connectivity index (χ0) is 20.5. The summed E-state index contributed by atoms with van der Waals surface area (Å²) in [7, 11) is -0.741. The normalized spacial score (nSPS) is 18.0. The second-order valence-electron chi connectivity index (χ2n) is 7.40. The largest absolute Gasteiger partial charge is 0.320 e. The summed E-state index contributed by atoms with van der Waals surface area (Å²) >= 11 is 9.53. The van der Waals surface area contributed by atoms with Crippen LogP contribution in [0.2, 0.25) is 5.02 Å². The zero-order valence-electron chi connectivity index (χ0n) is 17.3. The number of rotatable bonds is 9. The second-order valence-corrected chi connectivity index (χ2v) is 11.2. The summed E-state index contributed by atoms with van der Waals surface area (Å²) in [5, 5.41) is 4.50. The van der Waals surface area contributed by atoms with Gasteiger partial charge in [-0.25, -0.2) is 0 Å². The molecule has 6 heteroatoms. The van der Waals surface area contributed by atoms with E-state index in [4.69, 9.17) is 11.6 Å². The molecule has 0 aliphatic heterocycles. The standard InChI is InChI=1S/C22H32ClNOS3/c1-5-17(3)22(24-27-21-13-9-12-20(23)18(21)4)26-14-16(2)15-28(25)19-10-7-6-8-11-19/h9,12-14,19,24H,5-8,10-11,15H2,1-4H3/b16-14+,22-17?. The first-order chi connectivity index (χ1) is 13.4. The van der Waals surface area contributed by atoms with Gasteiger partial charge in [-0.05, 0) is 80.7 Å². The van der Waals surface area contributed by atoms with E-state index in [0.29, 0.717) is 11.0 Å². The van der Waals surface area contributed by atoms with Crippen molar-refractivity contribution in [3.05, 3.63) is 50.4 Å². The average Bonchev–Trinajstić information content (AvgIpc) is 2.71. The predicted octanol–water partition coefficient (Wildman–Crippen LogP) is 7.61. The Balaban J connectivity index is 1.96. The Hall–Kier alpha value is -0.360. The van der Waals surface area contributed by atoms with Crippen molar-refractivity contribution in [2.45, 2.75) is 76.4 Å². The van der Waals surface area contributed by atoms with Crippen LogP contribution in [0.25, 0.3) is 0 Å². The van der Waals surface area contributed by atoms with Gasteiger partial charge in [0.2, 0.25) is 0 Å². The molecular formula is C22H32ClNOS3. The molecule has 2 nitrogen and oxygen atoms in total. The van der Waals surface area contributed by atoms with Gasteiger partial charge in [0.1, 0.15) is 0 Å². The summed E-state index contributed by atoms with van der Waals surface area (Å²) in [6.07, 6.45) is 7.03. The molecule has 1 unspecified atom stereocenters. The van der Waals surface area contributed by atoms with E-state index in [-0.39, 0.29) is 0 Å². The Kier molecular flexibility index (Phi) is 10.6. The summed E-state index contributed by atoms with van der Waals surface area (Å²) < 4.78 is 16.1. The molecule has 0 heterocycles. The summed E-state index contributed by atoms with van der Waals surface area (Å²) in [5.74, 6) is 0.691. The van der Waals surface area contributed by atoms with Crippen molar-refractivity contribution in [2.75, 3.05) is 5.75 Å². The van der Waals surface area contributed by atoms with Gasteiger partial charge in [-0.1, -0.05) is 61.2 Å². The molecular weight excluding hydrogens is 426 g/mol. The van der Waals surface area contributed by atoms with Gasteiger partial charge in [-0.2, -0.15) is 0 Å². The van der Waals surface area contributed by atoms with Crippen LogP contribution in [0.4, 0.5) is 0 Å². The highest BCUT2D eigenvalue weighted by molar-refractivity contribution is 8.07. The number of nitrogens with one attached hydrogen (secondary N) is 1. The van der Waals surface area contributed by atoms with Crippen molar-refractivity contribution < 1.29 is 4.21 Å². The van der Waals surface area contributed by atoms with Gasteiger partial charge in [-0.3, -0.25) is 4.21 Å². The maximum absolute atomic E-state index is 12.6. The van der Waals surface area contributed by atoms with Crippen LogP contribution in [0.15, 0.2) is 44.7 Å². The molecule has 1 N–H and O–H groups in total. The number of thioether (sulfide) groups is 1. The lowest BCUT2D eigenvalue weighted by atomic mass is 10.0. The Morgan fingerprint density at radius 1 is 1.29 bits per heavy atom. The van der Waals surface area contributed by atoms with Crippen molar-refractivity contribution in [3.63, 3.8) is 0 Å². The van der Waals surface area contributed by atoms with Crippen molar-refractivity contribution in [1.29, 1.82) is 0 Å². The quantitative estimate of drug-likeness (QED) is 0.386. The first kappa shape index (κ1) is 23.9. The third-order valence-corrected chi connectivity index (χ3v) is 9.73. The fourth-order valence-electron chi connectivity index (χ4n) is 3.04. The van der Waals surface area contributed by atoms with Crippen LogP contribution in [-0.4, -0.2) is 15.2 Å². The molecule has 1 atom stereocenters. The monoisotopic (exact) mass is 457 g/mol. The molecule has 0 amide bonds. The van der Waals surface area contributed by atoms with Crippen molar-refractivity contribution in [2.24, 2.45) is 0 Å². The fraction of sp³-hybridized carbons (Fsp3) is 0.545. The Morgan fingerprint density at radius 2 is 2.00 bits per heavy atom. The topological polar surface area (TPSA) is 29.1 Å². The molecule has 0 bridgehead atoms. The van der Waals surface area contributed by atoms with E-state index in [0.717, 1.165) is 39.8 Å². The Bertz CT molecular complexity index is 739. The molecule has 1 aliphatic carbocycles. The Morgan fingerprint density at radius 3 is 2.68 bits per heavy atom. The number of halogens is 1. The highest BCUT2D eigenvalue weighted by atomic mass is 35.5. The van der Waals surface area contributed by atoms with Crippen molar-refractivity contribution in [1.82, 2.24) is 4.72 Å². The third kappa shape index (κ3) is 7.47. The average molecular weight is 458 g/mol. The second kappa shape index (κ2) is 12.4. The minimum Gasteiger partial charge on any atom is -0.320 e. The van der Waals surface area contributed by atoms with Crippen LogP contribution in [-0.2, 0) is 10.8 Å². The fourth-order valence-corrected chi connectivity index (χ4v) is 6.85. The van der Waals surface area contributed by atoms with E-state index in [9.17, 15) is 4.21 Å². The van der Waals surface area contributed by atoms with E-state index in [2.05, 4.69) is 37.0 Å². The van der Waals surface area contributed by atoms with E-state index >= 15 is 0 Å². The van der Waals surface area contributed by atoms with Crippen LogP contribution in [0.1, 0.15) is 64.9 Å². The maximum atomic E-state index is 12.6. The van der Waals surface area contributed by atoms with Crippen LogP contribution >= 0.6 is 35.3 Å². The van der Waals surface area contributed by atoms with Gasteiger partial charge in [0.25, 0.3) is 0 Å². The lowest BCUT2D eigenvalue weighted by molar-refractivity contribution is 0.505. The van der Waals surface area contributed by atoms with E-state index in [1.165, 1.54) is 30.4 Å². The van der Waals surface area contributed by atoms with Gasteiger partial charge in [-0.15, -0.1) is 0 Å². The number of hydrogen-bond donors (Lipinski definition) is 1. The summed E-state index contributed by atoms with van der Waals surface area (Å²) in [5.41, 5.74) is 3.60. The molecule has 1 aromatic carbocycles. The van der Waals surface area contributed by atoms with Gasteiger partial charge in [0, 0.05) is 31.7 Å². The number of allylic oxidation sites excluding steroid dienone is 1. The molecule has 1 saturated carbocycles. The molecule has 0 radical (unpaired) electrons. The maximum Gasteiger partial charge on any atom is 0.0814 e. The molecule has 156 valence electrons. The molecule has 0 saturated heterocycles. The van der Waals surface area contributed by atoms with Crippen LogP contribution < -0.4 is 4.72 Å². The molecule has 0 spiro atoms. The van der Waals surface area contributed by atoms with Crippen molar-refractivity contribution >= 4 is 46.1 Å². The third-order valence-electron chi connectivity index (χ3n) is 5.06. The molecule has 28 heavy (non-hydrogen) atoms. The van der Waals surface area contributed by atoms with Crippen LogP contribution in [0, 0.1) is 6.92 Å². The highest BCUT2D eigenvalue weighted by Gasteiger charge is 2.19. The van der Waals surface area contributed by atoms with E-state index < -0.39 is 10.8 Å². The SMILES string of the molecule is CCC(C)=C(NSc1cccc(Cl)c1C)S/C=C(\C)CS(=O)C1CCCCC1. The first-order valence-corrected chi connectivity index (χ1v) is 13.4. The van der Waals surface area contributed by atoms with Gasteiger partial charge >= 0.3 is 0 Å². The van der Waals surface area contributed by atoms with Crippen LogP contribution in [0.3, 0.4) is 0 Å². The van der Waals surface area contributed by atoms with Crippen LogP contribution in [0.5, 0.6) is 0 Å². The summed E-state index contributed by atoms with van der Waals surface area (Å²) in [4.78, 5) is 1.13. The first-order valence-electron chi connectivity index (χ1n) is 9.99. The molecule has 1 aromatic rings. The number of benzene rings is 1. The zero-order valence-corrected chi connectivity index (χ0v) is 20.6. The van der Waals surface area contributed by atoms with Gasteiger partial charge in [0.05, 0.1) is 5.03 Å². The molecule has 1 fully saturated rings. The lowest BCUT2D eigenvalue weighted by Crippen LogP contribution is -2.21. The van der Waals surface area contributed by atoms with E-state index in [1.54, 1.807) is 23.7 Å². The molecule has 0 aromatic heterocycles. The lowest BCUT2D eigenvalue weighted by Gasteiger charge is -2.21. The Labute approximate surface area is 186 Å². The van der Waals surface area contributed by atoms with Gasteiger partial charge in [0.15, 0.2) is 0 Å². The minimum absolute atomic E-state index is 0.397. The minimum atomic E-state index is -0.741. The summed E-state index contributed by atoms with van der Waals surface area (Å²) in [6, 6.07) is 5.98.